The second-order valence-corrected chi connectivity index (χ2v) is 5.72. The van der Waals surface area contributed by atoms with Gasteiger partial charge in [0.2, 0.25) is 5.91 Å². The zero-order valence-electron chi connectivity index (χ0n) is 12.2. The first-order valence-corrected chi connectivity index (χ1v) is 7.46. The molecule has 0 unspecified atom stereocenters. The minimum absolute atomic E-state index is 0.0947. The Morgan fingerprint density at radius 1 is 1.10 bits per heavy atom. The first-order chi connectivity index (χ1) is 9.65. The number of carbonyl (C=O) groups is 2. The highest BCUT2D eigenvalue weighted by atomic mass is 16.2. The third-order valence-electron chi connectivity index (χ3n) is 4.03. The van der Waals surface area contributed by atoms with Gasteiger partial charge in [-0.2, -0.15) is 0 Å². The predicted molar refractivity (Wildman–Crippen MR) is 79.4 cm³/mol. The molecule has 1 aromatic rings. The van der Waals surface area contributed by atoms with E-state index in [0.29, 0.717) is 18.8 Å². The minimum Gasteiger partial charge on any atom is -0.343 e. The van der Waals surface area contributed by atoms with Crippen LogP contribution in [0.5, 0.6) is 0 Å². The number of hydrogen-bond donors (Lipinski definition) is 0. The number of amides is 1. The van der Waals surface area contributed by atoms with Crippen molar-refractivity contribution >= 4 is 11.7 Å². The van der Waals surface area contributed by atoms with Gasteiger partial charge in [0.15, 0.2) is 0 Å². The molecule has 0 aliphatic carbocycles. The van der Waals surface area contributed by atoms with Crippen molar-refractivity contribution in [3.8, 4) is 0 Å². The van der Waals surface area contributed by atoms with Gasteiger partial charge in [-0.25, -0.2) is 0 Å². The first kappa shape index (κ1) is 14.8. The number of carbonyl (C=O) groups excluding carboxylic acids is 2. The van der Waals surface area contributed by atoms with E-state index in [1.165, 1.54) is 5.56 Å². The highest BCUT2D eigenvalue weighted by molar-refractivity contribution is 5.83. The van der Waals surface area contributed by atoms with Crippen molar-refractivity contribution in [3.63, 3.8) is 0 Å². The molecule has 0 atom stereocenters. The van der Waals surface area contributed by atoms with Crippen LogP contribution < -0.4 is 0 Å². The van der Waals surface area contributed by atoms with Gasteiger partial charge in [0.1, 0.15) is 5.78 Å². The van der Waals surface area contributed by atoms with E-state index >= 15 is 0 Å². The van der Waals surface area contributed by atoms with Crippen LogP contribution in [0.2, 0.25) is 0 Å². The molecule has 0 bridgehead atoms. The van der Waals surface area contributed by atoms with E-state index in [1.807, 2.05) is 11.0 Å². The monoisotopic (exact) mass is 273 g/mol. The third-order valence-corrected chi connectivity index (χ3v) is 4.03. The van der Waals surface area contributed by atoms with Gasteiger partial charge in [0, 0.05) is 25.9 Å². The molecule has 1 amide bonds. The van der Waals surface area contributed by atoms with Gasteiger partial charge in [-0.1, -0.05) is 30.3 Å². The topological polar surface area (TPSA) is 37.4 Å². The molecule has 2 rings (SSSR count). The summed E-state index contributed by atoms with van der Waals surface area (Å²) in [5, 5.41) is 0. The van der Waals surface area contributed by atoms with Crippen LogP contribution in [0.15, 0.2) is 30.3 Å². The fourth-order valence-electron chi connectivity index (χ4n) is 2.77. The molecule has 0 aromatic heterocycles. The molecule has 1 heterocycles. The van der Waals surface area contributed by atoms with Gasteiger partial charge < -0.3 is 9.69 Å². The van der Waals surface area contributed by atoms with Crippen LogP contribution in [0, 0.1) is 5.92 Å². The Labute approximate surface area is 121 Å². The molecule has 1 fully saturated rings. The number of hydrogen-bond acceptors (Lipinski definition) is 2. The normalized spacial score (nSPS) is 16.1. The lowest BCUT2D eigenvalue weighted by molar-refractivity contribution is -0.134. The maximum absolute atomic E-state index is 11.9. The fraction of sp³-hybridized carbons (Fsp3) is 0.529. The largest absolute Gasteiger partial charge is 0.343 e. The number of piperidine rings is 1. The first-order valence-electron chi connectivity index (χ1n) is 7.46. The van der Waals surface area contributed by atoms with Gasteiger partial charge >= 0.3 is 0 Å². The maximum Gasteiger partial charge on any atom is 0.223 e. The summed E-state index contributed by atoms with van der Waals surface area (Å²) in [6, 6.07) is 10.5. The van der Waals surface area contributed by atoms with Crippen molar-refractivity contribution in [3.05, 3.63) is 35.9 Å². The Morgan fingerprint density at radius 3 is 2.35 bits per heavy atom. The molecule has 1 aliphatic heterocycles. The molecule has 3 heteroatoms. The smallest absolute Gasteiger partial charge is 0.223 e. The molecule has 20 heavy (non-hydrogen) atoms. The summed E-state index contributed by atoms with van der Waals surface area (Å²) in [5.41, 5.74) is 1.38. The standard InChI is InChI=1S/C17H23NO2/c1-14(19)7-8-17(20)18-11-9-16(10-12-18)13-15-5-3-2-4-6-15/h2-6,16H,7-13H2,1H3. The van der Waals surface area contributed by atoms with Gasteiger partial charge in [-0.3, -0.25) is 4.79 Å². The van der Waals surface area contributed by atoms with Crippen LogP contribution in [0.4, 0.5) is 0 Å². The summed E-state index contributed by atoms with van der Waals surface area (Å²) in [7, 11) is 0. The Hall–Kier alpha value is -1.64. The minimum atomic E-state index is 0.0947. The van der Waals surface area contributed by atoms with Crippen molar-refractivity contribution in [1.82, 2.24) is 4.90 Å². The number of rotatable bonds is 5. The van der Waals surface area contributed by atoms with E-state index in [4.69, 9.17) is 0 Å². The van der Waals surface area contributed by atoms with Gasteiger partial charge in [-0.15, -0.1) is 0 Å². The molecule has 0 radical (unpaired) electrons. The number of ketones is 1. The van der Waals surface area contributed by atoms with Crippen LogP contribution >= 0.6 is 0 Å². The zero-order chi connectivity index (χ0) is 14.4. The van der Waals surface area contributed by atoms with Crippen LogP contribution in [-0.4, -0.2) is 29.7 Å². The lowest BCUT2D eigenvalue weighted by Crippen LogP contribution is -2.38. The molecule has 1 saturated heterocycles. The summed E-state index contributed by atoms with van der Waals surface area (Å²) in [5.74, 6) is 0.907. The molecule has 108 valence electrons. The van der Waals surface area contributed by atoms with E-state index in [1.54, 1.807) is 6.92 Å². The highest BCUT2D eigenvalue weighted by Gasteiger charge is 2.22. The van der Waals surface area contributed by atoms with Crippen LogP contribution in [0.3, 0.4) is 0 Å². The number of Topliss-reactive ketones (excluding diaryl/α,β-unsaturated/α-hetero) is 1. The predicted octanol–water partition coefficient (Wildman–Crippen LogP) is 2.84. The summed E-state index contributed by atoms with van der Waals surface area (Å²) in [6.45, 7) is 3.22. The number of likely N-dealkylation sites (tertiary alicyclic amines) is 1. The Bertz CT molecular complexity index is 447. The summed E-state index contributed by atoms with van der Waals surface area (Å²) < 4.78 is 0. The molecule has 1 aliphatic rings. The maximum atomic E-state index is 11.9. The second kappa shape index (κ2) is 7.22. The molecule has 1 aromatic carbocycles. The fourth-order valence-corrected chi connectivity index (χ4v) is 2.77. The third kappa shape index (κ3) is 4.48. The van der Waals surface area contributed by atoms with Crippen LogP contribution in [-0.2, 0) is 16.0 Å². The summed E-state index contributed by atoms with van der Waals surface area (Å²) >= 11 is 0. The number of nitrogens with zero attached hydrogens (tertiary/aromatic N) is 1. The summed E-state index contributed by atoms with van der Waals surface area (Å²) in [6.07, 6.45) is 4.00. The summed E-state index contributed by atoms with van der Waals surface area (Å²) in [4.78, 5) is 24.8. The van der Waals surface area contributed by atoms with Gasteiger partial charge in [0.05, 0.1) is 0 Å². The Morgan fingerprint density at radius 2 is 1.75 bits per heavy atom. The molecule has 0 saturated carbocycles. The van der Waals surface area contributed by atoms with Gasteiger partial charge in [0.25, 0.3) is 0 Å². The quantitative estimate of drug-likeness (QED) is 0.827. The van der Waals surface area contributed by atoms with E-state index in [0.717, 1.165) is 32.4 Å². The molecule has 0 N–H and O–H groups in total. The van der Waals surface area contributed by atoms with Crippen molar-refractivity contribution in [2.45, 2.75) is 39.0 Å². The van der Waals surface area contributed by atoms with Crippen molar-refractivity contribution in [2.24, 2.45) is 5.92 Å². The molecular formula is C17H23NO2. The molecular weight excluding hydrogens is 250 g/mol. The zero-order valence-corrected chi connectivity index (χ0v) is 12.2. The number of benzene rings is 1. The van der Waals surface area contributed by atoms with Crippen molar-refractivity contribution in [1.29, 1.82) is 0 Å². The van der Waals surface area contributed by atoms with Crippen molar-refractivity contribution < 1.29 is 9.59 Å². The van der Waals surface area contributed by atoms with Crippen LogP contribution in [0.1, 0.15) is 38.2 Å². The Balaban J connectivity index is 1.75. The SMILES string of the molecule is CC(=O)CCC(=O)N1CCC(Cc2ccccc2)CC1. The Kier molecular flexibility index (Phi) is 5.33. The molecule has 3 nitrogen and oxygen atoms in total. The lowest BCUT2D eigenvalue weighted by Gasteiger charge is -2.32. The van der Waals surface area contributed by atoms with E-state index < -0.39 is 0 Å². The van der Waals surface area contributed by atoms with Crippen molar-refractivity contribution in [2.75, 3.05) is 13.1 Å². The lowest BCUT2D eigenvalue weighted by atomic mass is 9.90. The van der Waals surface area contributed by atoms with E-state index in [-0.39, 0.29) is 11.7 Å². The molecule has 0 spiro atoms. The van der Waals surface area contributed by atoms with Crippen LogP contribution in [0.25, 0.3) is 0 Å². The van der Waals surface area contributed by atoms with E-state index in [2.05, 4.69) is 24.3 Å². The highest BCUT2D eigenvalue weighted by Crippen LogP contribution is 2.22. The second-order valence-electron chi connectivity index (χ2n) is 5.72. The van der Waals surface area contributed by atoms with Gasteiger partial charge in [-0.05, 0) is 37.7 Å². The average molecular weight is 273 g/mol. The van der Waals surface area contributed by atoms with E-state index in [9.17, 15) is 9.59 Å². The average Bonchev–Trinajstić information content (AvgIpc) is 2.46.